The van der Waals surface area contributed by atoms with Crippen LogP contribution in [0, 0.1) is 6.92 Å². The zero-order chi connectivity index (χ0) is 16.7. The maximum Gasteiger partial charge on any atom is 0.275 e. The number of fused-ring (bicyclic) bond motifs is 1. The van der Waals surface area contributed by atoms with Crippen LogP contribution in [0.1, 0.15) is 31.7 Å². The first-order chi connectivity index (χ1) is 11.6. The van der Waals surface area contributed by atoms with E-state index in [0.717, 1.165) is 10.7 Å². The smallest absolute Gasteiger partial charge is 0.275 e. The molecule has 2 aliphatic heterocycles. The van der Waals surface area contributed by atoms with Gasteiger partial charge in [0.1, 0.15) is 5.69 Å². The van der Waals surface area contributed by atoms with Gasteiger partial charge < -0.3 is 14.4 Å². The molecular formula is C16H17N5O2S. The summed E-state index contributed by atoms with van der Waals surface area (Å²) in [5, 5.41) is 2.95. The van der Waals surface area contributed by atoms with Gasteiger partial charge >= 0.3 is 0 Å². The summed E-state index contributed by atoms with van der Waals surface area (Å²) in [6.45, 7) is 4.79. The Balaban J connectivity index is 1.59. The van der Waals surface area contributed by atoms with E-state index in [1.807, 2.05) is 24.5 Å². The van der Waals surface area contributed by atoms with Crippen molar-refractivity contribution in [3.63, 3.8) is 0 Å². The van der Waals surface area contributed by atoms with Gasteiger partial charge in [-0.25, -0.2) is 9.97 Å². The number of hydrogen-bond donors (Lipinski definition) is 0. The van der Waals surface area contributed by atoms with E-state index >= 15 is 0 Å². The Morgan fingerprint density at radius 3 is 2.79 bits per heavy atom. The molecule has 124 valence electrons. The van der Waals surface area contributed by atoms with Crippen LogP contribution in [0.15, 0.2) is 23.9 Å². The molecule has 0 saturated carbocycles. The van der Waals surface area contributed by atoms with Gasteiger partial charge in [-0.1, -0.05) is 12.2 Å². The average Bonchev–Trinajstić information content (AvgIpc) is 3.30. The third kappa shape index (κ3) is 2.52. The Morgan fingerprint density at radius 2 is 2.08 bits per heavy atom. The van der Waals surface area contributed by atoms with Crippen molar-refractivity contribution in [3.8, 4) is 0 Å². The summed E-state index contributed by atoms with van der Waals surface area (Å²) in [6.07, 6.45) is 5.48. The molecule has 0 radical (unpaired) electrons. The maximum absolute atomic E-state index is 12.9. The molecule has 2 aromatic rings. The van der Waals surface area contributed by atoms with Crippen LogP contribution in [0.3, 0.4) is 0 Å². The molecule has 0 saturated heterocycles. The molecule has 0 fully saturated rings. The van der Waals surface area contributed by atoms with Crippen LogP contribution in [0.2, 0.25) is 0 Å². The highest BCUT2D eigenvalue weighted by atomic mass is 32.1. The fraction of sp³-hybridized carbons (Fsp3) is 0.375. The quantitative estimate of drug-likeness (QED) is 0.788. The van der Waals surface area contributed by atoms with Crippen LogP contribution < -0.4 is 0 Å². The number of nitrogens with zero attached hydrogens (tertiary/aromatic N) is 5. The minimum Gasteiger partial charge on any atom is -0.330 e. The molecule has 4 rings (SSSR count). The van der Waals surface area contributed by atoms with E-state index in [0.29, 0.717) is 38.4 Å². The summed E-state index contributed by atoms with van der Waals surface area (Å²) < 4.78 is 1.78. The van der Waals surface area contributed by atoms with E-state index in [4.69, 9.17) is 0 Å². The van der Waals surface area contributed by atoms with Crippen LogP contribution in [0.4, 0.5) is 0 Å². The van der Waals surface area contributed by atoms with Gasteiger partial charge in [0.2, 0.25) is 0 Å². The predicted octanol–water partition coefficient (Wildman–Crippen LogP) is 1.32. The molecule has 0 atom stereocenters. The number of carbonyl (C=O) groups is 2. The monoisotopic (exact) mass is 343 g/mol. The summed E-state index contributed by atoms with van der Waals surface area (Å²) in [6, 6.07) is 0. The molecule has 8 heteroatoms. The average molecular weight is 343 g/mol. The van der Waals surface area contributed by atoms with Crippen molar-refractivity contribution in [2.24, 2.45) is 0 Å². The normalized spacial score (nSPS) is 16.8. The van der Waals surface area contributed by atoms with Crippen LogP contribution in [0.25, 0.3) is 0 Å². The lowest BCUT2D eigenvalue weighted by Gasteiger charge is -2.28. The highest BCUT2D eigenvalue weighted by molar-refractivity contribution is 7.09. The van der Waals surface area contributed by atoms with Gasteiger partial charge in [-0.2, -0.15) is 0 Å². The lowest BCUT2D eigenvalue weighted by Crippen LogP contribution is -2.41. The van der Waals surface area contributed by atoms with Crippen LogP contribution >= 0.6 is 11.3 Å². The highest BCUT2D eigenvalue weighted by Gasteiger charge is 2.33. The topological polar surface area (TPSA) is 71.3 Å². The first-order valence-electron chi connectivity index (χ1n) is 7.83. The molecule has 2 aliphatic rings. The van der Waals surface area contributed by atoms with E-state index in [9.17, 15) is 9.59 Å². The molecule has 2 aromatic heterocycles. The van der Waals surface area contributed by atoms with Gasteiger partial charge in [0.15, 0.2) is 5.69 Å². The maximum atomic E-state index is 12.9. The second-order valence-corrected chi connectivity index (χ2v) is 6.96. The van der Waals surface area contributed by atoms with Gasteiger partial charge in [-0.05, 0) is 6.92 Å². The minimum atomic E-state index is -0.187. The zero-order valence-electron chi connectivity index (χ0n) is 13.3. The molecule has 0 aliphatic carbocycles. The summed E-state index contributed by atoms with van der Waals surface area (Å²) in [5.41, 5.74) is 1.53. The summed E-state index contributed by atoms with van der Waals surface area (Å²) in [4.78, 5) is 37.6. The van der Waals surface area contributed by atoms with E-state index in [1.54, 1.807) is 32.0 Å². The Bertz CT molecular complexity index is 829. The van der Waals surface area contributed by atoms with Crippen molar-refractivity contribution >= 4 is 23.2 Å². The standard InChI is InChI=1S/C16H17N5O2S/c1-11-18-12(9-24-11)8-20-6-7-21-10-17-13(14(21)16(20)23)15(22)19-4-2-3-5-19/h2-3,9-10H,4-8H2,1H3. The molecular weight excluding hydrogens is 326 g/mol. The van der Waals surface area contributed by atoms with Crippen LogP contribution in [-0.4, -0.2) is 55.8 Å². The molecule has 0 bridgehead atoms. The lowest BCUT2D eigenvalue weighted by molar-refractivity contribution is 0.0673. The van der Waals surface area contributed by atoms with Gasteiger partial charge in [-0.15, -0.1) is 11.3 Å². The van der Waals surface area contributed by atoms with Crippen molar-refractivity contribution in [1.82, 2.24) is 24.3 Å². The first-order valence-corrected chi connectivity index (χ1v) is 8.71. The van der Waals surface area contributed by atoms with E-state index < -0.39 is 0 Å². The van der Waals surface area contributed by atoms with Crippen molar-refractivity contribution in [3.05, 3.63) is 45.9 Å². The van der Waals surface area contributed by atoms with E-state index in [2.05, 4.69) is 9.97 Å². The number of hydrogen-bond acceptors (Lipinski definition) is 5. The number of carbonyl (C=O) groups excluding carboxylic acids is 2. The molecule has 0 N–H and O–H groups in total. The fourth-order valence-electron chi connectivity index (χ4n) is 3.03. The van der Waals surface area contributed by atoms with Gasteiger partial charge in [0.25, 0.3) is 11.8 Å². The third-order valence-electron chi connectivity index (χ3n) is 4.27. The Hall–Kier alpha value is -2.48. The summed E-state index contributed by atoms with van der Waals surface area (Å²) >= 11 is 1.57. The first kappa shape index (κ1) is 15.1. The number of amides is 2. The molecule has 0 spiro atoms. The number of aryl methyl sites for hydroxylation is 1. The van der Waals surface area contributed by atoms with Gasteiger partial charge in [0, 0.05) is 31.6 Å². The molecule has 2 amide bonds. The second kappa shape index (κ2) is 5.86. The number of rotatable bonds is 3. The number of imidazole rings is 1. The molecule has 0 aromatic carbocycles. The Kier molecular flexibility index (Phi) is 3.68. The number of aromatic nitrogens is 3. The minimum absolute atomic E-state index is 0.153. The number of thiazole rings is 1. The Labute approximate surface area is 143 Å². The van der Waals surface area contributed by atoms with E-state index in [1.165, 1.54) is 0 Å². The van der Waals surface area contributed by atoms with Crippen molar-refractivity contribution in [2.75, 3.05) is 19.6 Å². The zero-order valence-corrected chi connectivity index (χ0v) is 14.1. The van der Waals surface area contributed by atoms with Crippen LogP contribution in [-0.2, 0) is 13.1 Å². The fourth-order valence-corrected chi connectivity index (χ4v) is 3.64. The molecule has 7 nitrogen and oxygen atoms in total. The lowest BCUT2D eigenvalue weighted by atomic mass is 10.2. The van der Waals surface area contributed by atoms with E-state index in [-0.39, 0.29) is 17.5 Å². The SMILES string of the molecule is Cc1nc(CN2CCn3cnc(C(=O)N4CC=CC4)c3C2=O)cs1. The largest absolute Gasteiger partial charge is 0.330 e. The van der Waals surface area contributed by atoms with Crippen molar-refractivity contribution in [2.45, 2.75) is 20.0 Å². The molecule has 4 heterocycles. The summed E-state index contributed by atoms with van der Waals surface area (Å²) in [5.74, 6) is -0.339. The van der Waals surface area contributed by atoms with Crippen molar-refractivity contribution in [1.29, 1.82) is 0 Å². The molecule has 24 heavy (non-hydrogen) atoms. The second-order valence-electron chi connectivity index (χ2n) is 5.90. The van der Waals surface area contributed by atoms with Gasteiger partial charge in [0.05, 0.1) is 23.6 Å². The Morgan fingerprint density at radius 1 is 1.29 bits per heavy atom. The van der Waals surface area contributed by atoms with Crippen LogP contribution in [0.5, 0.6) is 0 Å². The van der Waals surface area contributed by atoms with Gasteiger partial charge in [-0.3, -0.25) is 9.59 Å². The predicted molar refractivity (Wildman–Crippen MR) is 88.9 cm³/mol. The third-order valence-corrected chi connectivity index (χ3v) is 5.09. The van der Waals surface area contributed by atoms with Crippen molar-refractivity contribution < 1.29 is 9.59 Å². The highest BCUT2D eigenvalue weighted by Crippen LogP contribution is 2.21. The summed E-state index contributed by atoms with van der Waals surface area (Å²) in [7, 11) is 0. The molecule has 0 unspecified atom stereocenters.